The molecular formula is C10H11BrN4O. The molecule has 0 fully saturated rings. The summed E-state index contributed by atoms with van der Waals surface area (Å²) in [5.41, 5.74) is 7.30. The molecule has 0 saturated heterocycles. The minimum atomic E-state index is 0.404. The third-order valence-corrected chi connectivity index (χ3v) is 2.56. The first-order valence-electron chi connectivity index (χ1n) is 4.66. The Kier molecular flexibility index (Phi) is 3.21. The van der Waals surface area contributed by atoms with Gasteiger partial charge in [-0.05, 0) is 18.2 Å². The average Bonchev–Trinajstić information content (AvgIpc) is 2.71. The zero-order valence-electron chi connectivity index (χ0n) is 8.70. The summed E-state index contributed by atoms with van der Waals surface area (Å²) in [6, 6.07) is 5.57. The zero-order valence-corrected chi connectivity index (χ0v) is 10.3. The molecule has 6 heteroatoms. The Bertz CT molecular complexity index is 497. The van der Waals surface area contributed by atoms with Gasteiger partial charge in [0.25, 0.3) is 0 Å². The van der Waals surface area contributed by atoms with Gasteiger partial charge in [-0.25, -0.2) is 4.98 Å². The summed E-state index contributed by atoms with van der Waals surface area (Å²) < 4.78 is 5.90. The van der Waals surface area contributed by atoms with E-state index in [1.54, 1.807) is 7.11 Å². The van der Waals surface area contributed by atoms with Gasteiger partial charge in [-0.2, -0.15) is 5.10 Å². The Morgan fingerprint density at radius 3 is 3.06 bits per heavy atom. The number of aromatic amines is 1. The van der Waals surface area contributed by atoms with Crippen molar-refractivity contribution in [3.8, 4) is 11.4 Å². The zero-order chi connectivity index (χ0) is 11.5. The van der Waals surface area contributed by atoms with Gasteiger partial charge in [-0.15, -0.1) is 0 Å². The smallest absolute Gasteiger partial charge is 0.183 e. The summed E-state index contributed by atoms with van der Waals surface area (Å²) in [7, 11) is 1.61. The molecule has 3 N–H and O–H groups in total. The molecule has 0 amide bonds. The van der Waals surface area contributed by atoms with Crippen LogP contribution in [0.25, 0.3) is 11.4 Å². The Hall–Kier alpha value is -1.40. The topological polar surface area (TPSA) is 76.8 Å². The van der Waals surface area contributed by atoms with Crippen molar-refractivity contribution in [2.24, 2.45) is 0 Å². The first-order valence-corrected chi connectivity index (χ1v) is 5.45. The lowest BCUT2D eigenvalue weighted by molar-refractivity contribution is 0.178. The lowest BCUT2D eigenvalue weighted by Crippen LogP contribution is -1.92. The molecule has 0 aliphatic rings. The van der Waals surface area contributed by atoms with E-state index in [1.165, 1.54) is 0 Å². The number of benzene rings is 1. The van der Waals surface area contributed by atoms with Crippen LogP contribution in [0.2, 0.25) is 0 Å². The lowest BCUT2D eigenvalue weighted by atomic mass is 10.2. The van der Waals surface area contributed by atoms with Crippen LogP contribution in [-0.4, -0.2) is 22.3 Å². The fourth-order valence-electron chi connectivity index (χ4n) is 1.34. The highest BCUT2D eigenvalue weighted by atomic mass is 79.9. The molecular weight excluding hydrogens is 272 g/mol. The number of methoxy groups -OCH3 is 1. The summed E-state index contributed by atoms with van der Waals surface area (Å²) in [5, 5.41) is 6.88. The highest BCUT2D eigenvalue weighted by Gasteiger charge is 2.09. The third kappa shape index (κ3) is 2.23. The molecule has 5 nitrogen and oxygen atoms in total. The highest BCUT2D eigenvalue weighted by molar-refractivity contribution is 9.10. The van der Waals surface area contributed by atoms with Gasteiger partial charge >= 0.3 is 0 Å². The largest absolute Gasteiger partial charge is 0.398 e. The minimum absolute atomic E-state index is 0.404. The average molecular weight is 283 g/mol. The van der Waals surface area contributed by atoms with Crippen LogP contribution in [0.1, 0.15) is 5.82 Å². The second-order valence-corrected chi connectivity index (χ2v) is 4.19. The van der Waals surface area contributed by atoms with Crippen LogP contribution in [0.5, 0.6) is 0 Å². The number of aromatic nitrogens is 3. The van der Waals surface area contributed by atoms with Gasteiger partial charge in [0.2, 0.25) is 0 Å². The summed E-state index contributed by atoms with van der Waals surface area (Å²) in [4.78, 5) is 4.28. The van der Waals surface area contributed by atoms with E-state index in [1.807, 2.05) is 18.2 Å². The van der Waals surface area contributed by atoms with Crippen molar-refractivity contribution in [2.45, 2.75) is 6.61 Å². The number of halogens is 1. The van der Waals surface area contributed by atoms with Crippen molar-refractivity contribution in [3.05, 3.63) is 28.5 Å². The maximum Gasteiger partial charge on any atom is 0.183 e. The number of nitrogens with two attached hydrogens (primary N) is 1. The second-order valence-electron chi connectivity index (χ2n) is 3.27. The van der Waals surface area contributed by atoms with E-state index in [-0.39, 0.29) is 0 Å². The molecule has 2 rings (SSSR count). The Balaban J connectivity index is 2.38. The summed E-state index contributed by atoms with van der Waals surface area (Å²) >= 11 is 3.39. The summed E-state index contributed by atoms with van der Waals surface area (Å²) in [5.74, 6) is 1.25. The molecule has 0 aliphatic carbocycles. The van der Waals surface area contributed by atoms with Crippen molar-refractivity contribution in [3.63, 3.8) is 0 Å². The predicted octanol–water partition coefficient (Wildman–Crippen LogP) is 1.96. The molecule has 0 spiro atoms. The highest BCUT2D eigenvalue weighted by Crippen LogP contribution is 2.26. The lowest BCUT2D eigenvalue weighted by Gasteiger charge is -2.01. The third-order valence-electron chi connectivity index (χ3n) is 2.07. The molecule has 2 aromatic rings. The van der Waals surface area contributed by atoms with E-state index in [4.69, 9.17) is 10.5 Å². The Morgan fingerprint density at radius 1 is 1.50 bits per heavy atom. The fourth-order valence-corrected chi connectivity index (χ4v) is 1.70. The first kappa shape index (κ1) is 11.1. The van der Waals surface area contributed by atoms with Crippen LogP contribution in [0, 0.1) is 0 Å². The van der Waals surface area contributed by atoms with Crippen molar-refractivity contribution in [1.82, 2.24) is 15.2 Å². The molecule has 0 radical (unpaired) electrons. The number of ether oxygens (including phenoxy) is 1. The predicted molar refractivity (Wildman–Crippen MR) is 64.6 cm³/mol. The van der Waals surface area contributed by atoms with E-state index >= 15 is 0 Å². The van der Waals surface area contributed by atoms with Crippen molar-refractivity contribution in [2.75, 3.05) is 12.8 Å². The molecule has 0 unspecified atom stereocenters. The molecule has 1 aromatic heterocycles. The summed E-state index contributed by atoms with van der Waals surface area (Å²) in [6.07, 6.45) is 0. The van der Waals surface area contributed by atoms with Gasteiger partial charge in [0.05, 0.1) is 0 Å². The summed E-state index contributed by atoms with van der Waals surface area (Å²) in [6.45, 7) is 0.404. The standard InChI is InChI=1S/C10H11BrN4O/c1-16-5-9-13-10(15-14-9)7-4-6(11)2-3-8(7)12/h2-4H,5,12H2,1H3,(H,13,14,15). The number of hydrogen-bond acceptors (Lipinski definition) is 4. The quantitative estimate of drug-likeness (QED) is 0.844. The van der Waals surface area contributed by atoms with Crippen molar-refractivity contribution < 1.29 is 4.74 Å². The van der Waals surface area contributed by atoms with E-state index in [9.17, 15) is 0 Å². The normalized spacial score (nSPS) is 10.6. The van der Waals surface area contributed by atoms with Crippen LogP contribution in [0.3, 0.4) is 0 Å². The van der Waals surface area contributed by atoms with Crippen LogP contribution >= 0.6 is 15.9 Å². The van der Waals surface area contributed by atoms with Crippen LogP contribution in [0.4, 0.5) is 5.69 Å². The molecule has 0 aliphatic heterocycles. The number of H-pyrrole nitrogens is 1. The monoisotopic (exact) mass is 282 g/mol. The van der Waals surface area contributed by atoms with E-state index < -0.39 is 0 Å². The van der Waals surface area contributed by atoms with E-state index in [2.05, 4.69) is 31.1 Å². The number of anilines is 1. The van der Waals surface area contributed by atoms with Crippen LogP contribution in [0.15, 0.2) is 22.7 Å². The number of rotatable bonds is 3. The van der Waals surface area contributed by atoms with Crippen LogP contribution < -0.4 is 5.73 Å². The number of hydrogen-bond donors (Lipinski definition) is 2. The van der Waals surface area contributed by atoms with Gasteiger partial charge in [0.15, 0.2) is 11.6 Å². The SMILES string of the molecule is COCc1nc(-c2cc(Br)ccc2N)n[nH]1. The van der Waals surface area contributed by atoms with Crippen molar-refractivity contribution >= 4 is 21.6 Å². The minimum Gasteiger partial charge on any atom is -0.398 e. The van der Waals surface area contributed by atoms with Gasteiger partial charge in [0, 0.05) is 22.8 Å². The van der Waals surface area contributed by atoms with E-state index in [0.29, 0.717) is 23.9 Å². The van der Waals surface area contributed by atoms with Gasteiger partial charge in [0.1, 0.15) is 6.61 Å². The number of nitrogen functional groups attached to an aromatic ring is 1. The molecule has 1 aromatic carbocycles. The number of nitrogens with zero attached hydrogens (tertiary/aromatic N) is 2. The van der Waals surface area contributed by atoms with Crippen LogP contribution in [-0.2, 0) is 11.3 Å². The fraction of sp³-hybridized carbons (Fsp3) is 0.200. The van der Waals surface area contributed by atoms with Crippen molar-refractivity contribution in [1.29, 1.82) is 0 Å². The second kappa shape index (κ2) is 4.63. The van der Waals surface area contributed by atoms with Gasteiger partial charge < -0.3 is 10.5 Å². The maximum atomic E-state index is 5.86. The number of nitrogens with one attached hydrogen (secondary N) is 1. The molecule has 84 valence electrons. The molecule has 0 atom stereocenters. The van der Waals surface area contributed by atoms with Gasteiger partial charge in [-0.1, -0.05) is 15.9 Å². The Morgan fingerprint density at radius 2 is 2.31 bits per heavy atom. The molecule has 16 heavy (non-hydrogen) atoms. The molecule has 0 bridgehead atoms. The molecule has 1 heterocycles. The van der Waals surface area contributed by atoms with Gasteiger partial charge in [-0.3, -0.25) is 5.10 Å². The molecule has 0 saturated carbocycles. The maximum absolute atomic E-state index is 5.86. The first-order chi connectivity index (χ1) is 7.70. The Labute approximate surface area is 101 Å². The van der Waals surface area contributed by atoms with E-state index in [0.717, 1.165) is 10.0 Å².